The Morgan fingerprint density at radius 1 is 0.930 bits per heavy atom. The second kappa shape index (κ2) is 11.2. The van der Waals surface area contributed by atoms with E-state index in [1.54, 1.807) is 0 Å². The lowest BCUT2D eigenvalue weighted by atomic mass is 9.37. The number of nitrogens with one attached hydrogen (secondary N) is 2. The third-order valence-electron chi connectivity index (χ3n) is 13.0. The van der Waals surface area contributed by atoms with Crippen LogP contribution in [0.1, 0.15) is 120 Å². The Morgan fingerprint density at radius 3 is 2.30 bits per heavy atom. The number of fused-ring (bicyclic) bond motifs is 7. The Hall–Kier alpha value is -1.89. The fourth-order valence-corrected chi connectivity index (χ4v) is 10.9. The van der Waals surface area contributed by atoms with Crippen molar-refractivity contribution in [1.82, 2.24) is 10.6 Å². The molecule has 0 saturated heterocycles. The van der Waals surface area contributed by atoms with Gasteiger partial charge in [0.25, 0.3) is 0 Å². The Labute approximate surface area is 259 Å². The van der Waals surface area contributed by atoms with Crippen molar-refractivity contribution >= 4 is 17.8 Å². The summed E-state index contributed by atoms with van der Waals surface area (Å²) in [5.41, 5.74) is 0.0149. The molecule has 5 rings (SSSR count). The molecule has 3 N–H and O–H groups in total. The van der Waals surface area contributed by atoms with Crippen LogP contribution in [-0.2, 0) is 14.3 Å². The molecule has 5 aliphatic carbocycles. The Morgan fingerprint density at radius 2 is 1.60 bits per heavy atom. The number of ketones is 1. The summed E-state index contributed by atoms with van der Waals surface area (Å²) < 4.78 is 5.29. The molecule has 242 valence electrons. The zero-order chi connectivity index (χ0) is 31.6. The Kier molecular flexibility index (Phi) is 8.44. The molecule has 2 amide bonds. The van der Waals surface area contributed by atoms with Crippen molar-refractivity contribution in [3.8, 4) is 0 Å². The van der Waals surface area contributed by atoms with Crippen molar-refractivity contribution in [2.75, 3.05) is 13.1 Å². The number of hydrogen-bond acceptors (Lipinski definition) is 5. The zero-order valence-corrected chi connectivity index (χ0v) is 28.1. The summed E-state index contributed by atoms with van der Waals surface area (Å²) in [6, 6.07) is 0. The Bertz CT molecular complexity index is 1150. The molecule has 0 spiro atoms. The first-order valence-electron chi connectivity index (χ1n) is 17.1. The number of carbonyl (C=O) groups excluding carboxylic acids is 3. The van der Waals surface area contributed by atoms with Crippen molar-refractivity contribution in [2.45, 2.75) is 131 Å². The average molecular weight is 599 g/mol. The van der Waals surface area contributed by atoms with Gasteiger partial charge in [0, 0.05) is 24.4 Å². The van der Waals surface area contributed by atoms with E-state index in [4.69, 9.17) is 4.74 Å². The molecule has 0 heterocycles. The monoisotopic (exact) mass is 598 g/mol. The maximum Gasteiger partial charge on any atom is 0.407 e. The standard InChI is InChI=1S/C36H58N2O5/c1-32(2,3)43-31(42)38-19-9-18-37-30(41)34(6)15-12-22-10-11-25-23(24(22)21-34)20-26(39)29-35(25,7)16-13-27-33(4,5)28(40)14-17-36(27,29)8/h20,22,24-25,27-29,40H,9-19,21H2,1-8H3,(H,37,41)(H,38,42)/t22-,24+,25?,27-,28-,29-,34-,35-,36-/m0/s1. The number of allylic oxidation sites excluding steroid dienone is 2. The van der Waals surface area contributed by atoms with E-state index in [1.165, 1.54) is 12.0 Å². The van der Waals surface area contributed by atoms with Gasteiger partial charge in [0.1, 0.15) is 5.60 Å². The molecule has 0 aromatic rings. The van der Waals surface area contributed by atoms with Crippen LogP contribution in [0.4, 0.5) is 4.79 Å². The minimum absolute atomic E-state index is 0.00314. The van der Waals surface area contributed by atoms with Gasteiger partial charge < -0.3 is 20.5 Å². The number of carbonyl (C=O) groups is 3. The van der Waals surface area contributed by atoms with Gasteiger partial charge in [-0.3, -0.25) is 9.59 Å². The van der Waals surface area contributed by atoms with E-state index in [0.717, 1.165) is 51.4 Å². The summed E-state index contributed by atoms with van der Waals surface area (Å²) in [5, 5.41) is 16.8. The molecular weight excluding hydrogens is 540 g/mol. The maximum atomic E-state index is 14.3. The van der Waals surface area contributed by atoms with Gasteiger partial charge in [-0.2, -0.15) is 0 Å². The highest BCUT2D eigenvalue weighted by atomic mass is 16.6. The van der Waals surface area contributed by atoms with E-state index < -0.39 is 17.1 Å². The lowest BCUT2D eigenvalue weighted by Crippen LogP contribution is -2.63. The smallest absolute Gasteiger partial charge is 0.407 e. The first kappa shape index (κ1) is 32.5. The van der Waals surface area contributed by atoms with E-state index in [0.29, 0.717) is 43.0 Å². The van der Waals surface area contributed by atoms with Gasteiger partial charge in [0.05, 0.1) is 6.10 Å². The van der Waals surface area contributed by atoms with Gasteiger partial charge in [0.2, 0.25) is 5.91 Å². The first-order chi connectivity index (χ1) is 19.9. The third-order valence-corrected chi connectivity index (χ3v) is 13.0. The number of hydrogen-bond donors (Lipinski definition) is 3. The lowest BCUT2D eigenvalue weighted by molar-refractivity contribution is -0.187. The van der Waals surface area contributed by atoms with Crippen LogP contribution in [0.5, 0.6) is 0 Å². The van der Waals surface area contributed by atoms with E-state index in [1.807, 2.05) is 20.8 Å². The van der Waals surface area contributed by atoms with Crippen molar-refractivity contribution in [1.29, 1.82) is 0 Å². The van der Waals surface area contributed by atoms with E-state index in [-0.39, 0.29) is 40.1 Å². The predicted octanol–water partition coefficient (Wildman–Crippen LogP) is 6.58. The van der Waals surface area contributed by atoms with Crippen molar-refractivity contribution in [3.05, 3.63) is 11.6 Å². The van der Waals surface area contributed by atoms with E-state index in [9.17, 15) is 19.5 Å². The largest absolute Gasteiger partial charge is 0.444 e. The highest BCUT2D eigenvalue weighted by Gasteiger charge is 2.66. The van der Waals surface area contributed by atoms with Crippen molar-refractivity contribution in [3.63, 3.8) is 0 Å². The predicted molar refractivity (Wildman–Crippen MR) is 168 cm³/mol. The lowest BCUT2D eigenvalue weighted by Gasteiger charge is -2.66. The number of aliphatic hydroxyl groups excluding tert-OH is 1. The number of amides is 2. The summed E-state index contributed by atoms with van der Waals surface area (Å²) in [6.07, 6.45) is 10.8. The molecule has 4 saturated carbocycles. The second-order valence-corrected chi connectivity index (χ2v) is 17.3. The van der Waals surface area contributed by atoms with Gasteiger partial charge in [0.15, 0.2) is 5.78 Å². The number of ether oxygens (including phenoxy) is 1. The van der Waals surface area contributed by atoms with Gasteiger partial charge in [-0.15, -0.1) is 0 Å². The summed E-state index contributed by atoms with van der Waals surface area (Å²) >= 11 is 0. The molecule has 7 nitrogen and oxygen atoms in total. The SMILES string of the molecule is CC(C)(C)OC(=O)NCCCNC(=O)[C@@]1(C)CC[C@@H]2CCC3C(=CC(=O)[C@@H]4[C@@]5(C)CC[C@H](O)C(C)(C)[C@@H]5CC[C@@]34C)[C@@H]2C1. The topological polar surface area (TPSA) is 105 Å². The van der Waals surface area contributed by atoms with Crippen molar-refractivity contribution < 1.29 is 24.2 Å². The van der Waals surface area contributed by atoms with Gasteiger partial charge >= 0.3 is 6.09 Å². The molecule has 4 fully saturated rings. The third kappa shape index (κ3) is 5.70. The van der Waals surface area contributed by atoms with Gasteiger partial charge in [-0.1, -0.05) is 40.2 Å². The van der Waals surface area contributed by atoms with Gasteiger partial charge in [-0.25, -0.2) is 4.79 Å². The molecule has 0 aromatic carbocycles. The number of rotatable bonds is 5. The van der Waals surface area contributed by atoms with Crippen LogP contribution < -0.4 is 10.6 Å². The summed E-state index contributed by atoms with van der Waals surface area (Å²) in [4.78, 5) is 39.7. The number of alkyl carbamates (subject to hydrolysis) is 1. The maximum absolute atomic E-state index is 14.3. The molecular formula is C36H58N2O5. The highest BCUT2D eigenvalue weighted by Crippen LogP contribution is 2.70. The van der Waals surface area contributed by atoms with Crippen LogP contribution in [0.25, 0.3) is 0 Å². The average Bonchev–Trinajstić information content (AvgIpc) is 2.89. The molecule has 0 aromatic heterocycles. The molecule has 5 aliphatic rings. The van der Waals surface area contributed by atoms with Crippen LogP contribution in [-0.4, -0.2) is 47.7 Å². The molecule has 43 heavy (non-hydrogen) atoms. The minimum Gasteiger partial charge on any atom is -0.444 e. The van der Waals surface area contributed by atoms with Crippen LogP contribution >= 0.6 is 0 Å². The van der Waals surface area contributed by atoms with Crippen LogP contribution in [0.2, 0.25) is 0 Å². The minimum atomic E-state index is -0.533. The molecule has 1 unspecified atom stereocenters. The fourth-order valence-electron chi connectivity index (χ4n) is 10.9. The second-order valence-electron chi connectivity index (χ2n) is 17.3. The van der Waals surface area contributed by atoms with Crippen LogP contribution in [0.15, 0.2) is 11.6 Å². The van der Waals surface area contributed by atoms with Crippen LogP contribution in [0.3, 0.4) is 0 Å². The Balaban J connectivity index is 1.27. The quantitative estimate of drug-likeness (QED) is 0.310. The van der Waals surface area contributed by atoms with Crippen molar-refractivity contribution in [2.24, 2.45) is 51.2 Å². The molecule has 0 radical (unpaired) electrons. The summed E-state index contributed by atoms with van der Waals surface area (Å²) in [5.74, 6) is 1.98. The highest BCUT2D eigenvalue weighted by molar-refractivity contribution is 5.95. The van der Waals surface area contributed by atoms with E-state index >= 15 is 0 Å². The normalized spacial score (nSPS) is 41.9. The molecule has 9 atom stereocenters. The summed E-state index contributed by atoms with van der Waals surface area (Å²) in [7, 11) is 0. The summed E-state index contributed by atoms with van der Waals surface area (Å²) in [6.45, 7) is 17.8. The first-order valence-corrected chi connectivity index (χ1v) is 17.1. The van der Waals surface area contributed by atoms with Gasteiger partial charge in [-0.05, 0) is 131 Å². The molecule has 7 heteroatoms. The van der Waals surface area contributed by atoms with E-state index in [2.05, 4.69) is 51.3 Å². The molecule has 0 bridgehead atoms. The number of aliphatic hydroxyl groups is 1. The fraction of sp³-hybridized carbons (Fsp3) is 0.861. The van der Waals surface area contributed by atoms with Crippen LogP contribution in [0, 0.1) is 51.2 Å². The zero-order valence-electron chi connectivity index (χ0n) is 28.1. The molecule has 0 aliphatic heterocycles.